The van der Waals surface area contributed by atoms with Crippen LogP contribution in [0.3, 0.4) is 0 Å². The number of methoxy groups -OCH3 is 1. The molecule has 1 aliphatic rings. The number of thiazole rings is 1. The van der Waals surface area contributed by atoms with Crippen LogP contribution >= 0.6 is 11.3 Å². The fraction of sp³-hybridized carbons (Fsp3) is 0.562. The second kappa shape index (κ2) is 7.06. The molecule has 5 nitrogen and oxygen atoms in total. The molecule has 130 valence electrons. The first kappa shape index (κ1) is 17.2. The van der Waals surface area contributed by atoms with Crippen molar-refractivity contribution in [2.45, 2.75) is 51.2 Å². The maximum Gasteiger partial charge on any atom is 0.248 e. The summed E-state index contributed by atoms with van der Waals surface area (Å²) in [6.07, 6.45) is 0.634. The van der Waals surface area contributed by atoms with Crippen molar-refractivity contribution >= 4 is 17.3 Å². The van der Waals surface area contributed by atoms with E-state index in [1.54, 1.807) is 7.11 Å². The molecule has 1 saturated carbocycles. The average Bonchev–Trinajstić information content (AvgIpc) is 2.96. The Kier molecular flexibility index (Phi) is 5.05. The minimum absolute atomic E-state index is 0.0340. The van der Waals surface area contributed by atoms with Crippen molar-refractivity contribution in [2.24, 2.45) is 0 Å². The van der Waals surface area contributed by atoms with E-state index in [1.165, 1.54) is 11.3 Å². The monoisotopic (exact) mass is 354 g/mol. The van der Waals surface area contributed by atoms with Crippen molar-refractivity contribution in [3.05, 3.63) is 22.8 Å². The summed E-state index contributed by atoms with van der Waals surface area (Å²) in [7, 11) is 1.60. The van der Waals surface area contributed by atoms with Crippen molar-refractivity contribution in [3.8, 4) is 10.7 Å². The lowest BCUT2D eigenvalue weighted by molar-refractivity contribution is -0.0361. The number of aromatic nitrogens is 3. The van der Waals surface area contributed by atoms with Gasteiger partial charge in [-0.3, -0.25) is 0 Å². The number of halogens is 2. The first-order valence-electron chi connectivity index (χ1n) is 7.89. The number of nitrogens with zero attached hydrogens (tertiary/aromatic N) is 3. The highest BCUT2D eigenvalue weighted by atomic mass is 32.1. The minimum atomic E-state index is -2.54. The molecular formula is C16H20F2N4OS. The third-order valence-electron chi connectivity index (χ3n) is 3.96. The molecule has 2 aromatic heterocycles. The molecule has 8 heteroatoms. The molecule has 0 atom stereocenters. The van der Waals surface area contributed by atoms with Crippen molar-refractivity contribution in [1.82, 2.24) is 15.0 Å². The van der Waals surface area contributed by atoms with Crippen LogP contribution in [0.1, 0.15) is 37.1 Å². The summed E-state index contributed by atoms with van der Waals surface area (Å²) < 4.78 is 31.7. The Morgan fingerprint density at radius 1 is 1.29 bits per heavy atom. The van der Waals surface area contributed by atoms with Crippen LogP contribution in [0.4, 0.5) is 14.7 Å². The molecule has 0 saturated heterocycles. The topological polar surface area (TPSA) is 59.9 Å². The lowest BCUT2D eigenvalue weighted by Gasteiger charge is -2.28. The Hall–Kier alpha value is -1.67. The summed E-state index contributed by atoms with van der Waals surface area (Å²) in [5.74, 6) is -2.09. The summed E-state index contributed by atoms with van der Waals surface area (Å²) in [6.45, 7) is 2.29. The van der Waals surface area contributed by atoms with Gasteiger partial charge in [0.15, 0.2) is 0 Å². The van der Waals surface area contributed by atoms with Gasteiger partial charge < -0.3 is 10.1 Å². The van der Waals surface area contributed by atoms with Gasteiger partial charge in [-0.15, -0.1) is 11.3 Å². The first-order chi connectivity index (χ1) is 11.4. The van der Waals surface area contributed by atoms with Crippen LogP contribution in [0.5, 0.6) is 0 Å². The van der Waals surface area contributed by atoms with E-state index in [0.29, 0.717) is 25.4 Å². The third-order valence-corrected chi connectivity index (χ3v) is 4.94. The number of alkyl halides is 2. The zero-order valence-electron chi connectivity index (χ0n) is 13.7. The molecule has 0 amide bonds. The van der Waals surface area contributed by atoms with E-state index in [0.717, 1.165) is 22.1 Å². The lowest BCUT2D eigenvalue weighted by atomic mass is 9.92. The van der Waals surface area contributed by atoms with Crippen molar-refractivity contribution in [2.75, 3.05) is 12.4 Å². The Balaban J connectivity index is 1.80. The predicted molar refractivity (Wildman–Crippen MR) is 89.4 cm³/mol. The quantitative estimate of drug-likeness (QED) is 0.878. The fourth-order valence-corrected chi connectivity index (χ4v) is 3.49. The smallest absolute Gasteiger partial charge is 0.248 e. The van der Waals surface area contributed by atoms with E-state index in [-0.39, 0.29) is 18.9 Å². The Labute approximate surface area is 143 Å². The molecule has 0 spiro atoms. The van der Waals surface area contributed by atoms with Crippen LogP contribution in [0.2, 0.25) is 0 Å². The van der Waals surface area contributed by atoms with Gasteiger partial charge >= 0.3 is 0 Å². The third kappa shape index (κ3) is 4.24. The van der Waals surface area contributed by atoms with Gasteiger partial charge in [-0.25, -0.2) is 23.7 Å². The zero-order valence-corrected chi connectivity index (χ0v) is 14.5. The van der Waals surface area contributed by atoms with Crippen molar-refractivity contribution in [1.29, 1.82) is 0 Å². The highest BCUT2D eigenvalue weighted by Gasteiger charge is 2.35. The normalized spacial score (nSPS) is 17.8. The SMILES string of the molecule is COCc1cc(-c2nc(C)cs2)nc(NC2CCC(F)(F)CC2)n1. The van der Waals surface area contributed by atoms with Gasteiger partial charge in [0, 0.05) is 37.1 Å². The van der Waals surface area contributed by atoms with Crippen LogP contribution < -0.4 is 5.32 Å². The molecule has 24 heavy (non-hydrogen) atoms. The molecule has 0 unspecified atom stereocenters. The number of hydrogen-bond donors (Lipinski definition) is 1. The van der Waals surface area contributed by atoms with Crippen LogP contribution in [0.25, 0.3) is 10.7 Å². The highest BCUT2D eigenvalue weighted by Crippen LogP contribution is 2.34. The van der Waals surface area contributed by atoms with Gasteiger partial charge in [0.05, 0.1) is 12.3 Å². The highest BCUT2D eigenvalue weighted by molar-refractivity contribution is 7.13. The van der Waals surface area contributed by atoms with Crippen molar-refractivity contribution in [3.63, 3.8) is 0 Å². The second-order valence-corrected chi connectivity index (χ2v) is 6.93. The van der Waals surface area contributed by atoms with Crippen LogP contribution in [0.15, 0.2) is 11.4 Å². The Bertz CT molecular complexity index is 697. The van der Waals surface area contributed by atoms with Crippen LogP contribution in [-0.4, -0.2) is 34.0 Å². The summed E-state index contributed by atoms with van der Waals surface area (Å²) in [5.41, 5.74) is 2.39. The standard InChI is InChI=1S/C16H20F2N4OS/c1-10-9-24-14(19-10)13-7-12(8-23-2)21-15(22-13)20-11-3-5-16(17,18)6-4-11/h7,9,11H,3-6,8H2,1-2H3,(H,20,21,22). The fourth-order valence-electron chi connectivity index (χ4n) is 2.73. The molecule has 1 N–H and O–H groups in total. The van der Waals surface area contributed by atoms with Gasteiger partial charge in [-0.05, 0) is 25.8 Å². The van der Waals surface area contributed by atoms with Crippen LogP contribution in [0, 0.1) is 6.92 Å². The molecule has 3 rings (SSSR count). The molecule has 0 aliphatic heterocycles. The van der Waals surface area contributed by atoms with Gasteiger partial charge in [-0.2, -0.15) is 0 Å². The summed E-state index contributed by atoms with van der Waals surface area (Å²) in [5, 5.41) is 5.97. The van der Waals surface area contributed by atoms with Gasteiger partial charge in [0.1, 0.15) is 10.7 Å². The summed E-state index contributed by atoms with van der Waals surface area (Å²) in [6, 6.07) is 1.82. The molecule has 0 radical (unpaired) electrons. The number of hydrogen-bond acceptors (Lipinski definition) is 6. The summed E-state index contributed by atoms with van der Waals surface area (Å²) in [4.78, 5) is 13.4. The van der Waals surface area contributed by atoms with E-state index in [2.05, 4.69) is 20.3 Å². The molecule has 1 aliphatic carbocycles. The van der Waals surface area contributed by atoms with Crippen molar-refractivity contribution < 1.29 is 13.5 Å². The predicted octanol–water partition coefficient (Wildman–Crippen LogP) is 4.04. The molecule has 0 aromatic carbocycles. The van der Waals surface area contributed by atoms with E-state index in [4.69, 9.17) is 4.74 Å². The zero-order chi connectivity index (χ0) is 17.2. The van der Waals surface area contributed by atoms with E-state index < -0.39 is 5.92 Å². The largest absolute Gasteiger partial charge is 0.378 e. The van der Waals surface area contributed by atoms with E-state index >= 15 is 0 Å². The van der Waals surface area contributed by atoms with Gasteiger partial charge in [0.2, 0.25) is 11.9 Å². The molecular weight excluding hydrogens is 334 g/mol. The number of anilines is 1. The average molecular weight is 354 g/mol. The second-order valence-electron chi connectivity index (χ2n) is 6.07. The molecule has 2 aromatic rings. The van der Waals surface area contributed by atoms with Gasteiger partial charge in [0.25, 0.3) is 0 Å². The molecule has 0 bridgehead atoms. The maximum atomic E-state index is 13.3. The lowest BCUT2D eigenvalue weighted by Crippen LogP contribution is -2.32. The van der Waals surface area contributed by atoms with E-state index in [1.807, 2.05) is 18.4 Å². The van der Waals surface area contributed by atoms with Crippen LogP contribution in [-0.2, 0) is 11.3 Å². The maximum absolute atomic E-state index is 13.3. The number of ether oxygens (including phenoxy) is 1. The molecule has 2 heterocycles. The Morgan fingerprint density at radius 3 is 2.67 bits per heavy atom. The number of aryl methyl sites for hydroxylation is 1. The summed E-state index contributed by atoms with van der Waals surface area (Å²) >= 11 is 1.51. The minimum Gasteiger partial charge on any atom is -0.378 e. The molecule has 1 fully saturated rings. The van der Waals surface area contributed by atoms with Gasteiger partial charge in [-0.1, -0.05) is 0 Å². The Morgan fingerprint density at radius 2 is 2.04 bits per heavy atom. The van der Waals surface area contributed by atoms with E-state index in [9.17, 15) is 8.78 Å². The number of rotatable bonds is 5. The number of nitrogens with one attached hydrogen (secondary N) is 1. The first-order valence-corrected chi connectivity index (χ1v) is 8.77.